The number of alkyl halides is 3. The highest BCUT2D eigenvalue weighted by Crippen LogP contribution is 2.34. The van der Waals surface area contributed by atoms with E-state index in [0.717, 1.165) is 17.5 Å². The quantitative estimate of drug-likeness (QED) is 0.667. The molecule has 1 N–H and O–H groups in total. The van der Waals surface area contributed by atoms with Crippen molar-refractivity contribution in [2.24, 2.45) is 0 Å². The number of fused-ring (bicyclic) bond motifs is 1. The summed E-state index contributed by atoms with van der Waals surface area (Å²) in [7, 11) is 0. The first kappa shape index (κ1) is 18.8. The van der Waals surface area contributed by atoms with Crippen LogP contribution < -0.4 is 0 Å². The molecule has 0 saturated carbocycles. The Kier molecular flexibility index (Phi) is 4.87. The van der Waals surface area contributed by atoms with Gasteiger partial charge in [0.15, 0.2) is 0 Å². The summed E-state index contributed by atoms with van der Waals surface area (Å²) >= 11 is 0. The minimum absolute atomic E-state index is 0.0239. The summed E-state index contributed by atoms with van der Waals surface area (Å²) in [6, 6.07) is 9.47. The zero-order valence-electron chi connectivity index (χ0n) is 14.8. The highest BCUT2D eigenvalue weighted by Gasteiger charge is 2.30. The number of hydrogen-bond donors (Lipinski definition) is 1. The number of aromatic nitrogens is 1. The molecule has 0 fully saturated rings. The van der Waals surface area contributed by atoms with Crippen molar-refractivity contribution in [3.05, 3.63) is 59.3 Å². The van der Waals surface area contributed by atoms with E-state index in [-0.39, 0.29) is 24.7 Å². The summed E-state index contributed by atoms with van der Waals surface area (Å²) < 4.78 is 45.3. The largest absolute Gasteiger partial charge is 0.508 e. The molecule has 0 aliphatic carbocycles. The van der Waals surface area contributed by atoms with Crippen LogP contribution in [0.4, 0.5) is 13.2 Å². The smallest absolute Gasteiger partial charge is 0.416 e. The first-order valence-corrected chi connectivity index (χ1v) is 8.38. The standard InChI is InChI=1S/C20H18F3NO3/c1-3-27-19(26)11-17-12(2)24(18-10-15(25)8-9-16(17)18)14-6-4-13(5-7-14)20(21,22)23/h4-10,25H,3,11H2,1-2H3. The van der Waals surface area contributed by atoms with Crippen LogP contribution in [0.1, 0.15) is 23.7 Å². The molecular formula is C20H18F3NO3. The molecule has 2 aromatic carbocycles. The van der Waals surface area contributed by atoms with E-state index in [9.17, 15) is 23.1 Å². The van der Waals surface area contributed by atoms with Gasteiger partial charge in [-0.05, 0) is 55.8 Å². The number of hydrogen-bond acceptors (Lipinski definition) is 3. The molecular weight excluding hydrogens is 359 g/mol. The molecule has 7 heteroatoms. The lowest BCUT2D eigenvalue weighted by Gasteiger charge is -2.11. The zero-order valence-corrected chi connectivity index (χ0v) is 14.8. The Morgan fingerprint density at radius 3 is 2.41 bits per heavy atom. The number of halogens is 3. The summed E-state index contributed by atoms with van der Waals surface area (Å²) in [5.41, 5.74) is 1.78. The van der Waals surface area contributed by atoms with Crippen molar-refractivity contribution in [1.29, 1.82) is 0 Å². The van der Waals surface area contributed by atoms with Crippen LogP contribution in [-0.2, 0) is 22.1 Å². The van der Waals surface area contributed by atoms with Gasteiger partial charge in [-0.25, -0.2) is 0 Å². The van der Waals surface area contributed by atoms with E-state index in [4.69, 9.17) is 4.74 Å². The lowest BCUT2D eigenvalue weighted by atomic mass is 10.1. The molecule has 0 atom stereocenters. The van der Waals surface area contributed by atoms with Gasteiger partial charge in [0, 0.05) is 22.8 Å². The number of esters is 1. The minimum atomic E-state index is -4.42. The van der Waals surface area contributed by atoms with E-state index in [1.54, 1.807) is 24.5 Å². The zero-order chi connectivity index (χ0) is 19.8. The Morgan fingerprint density at radius 2 is 1.81 bits per heavy atom. The van der Waals surface area contributed by atoms with Gasteiger partial charge in [-0.2, -0.15) is 13.2 Å². The molecule has 0 bridgehead atoms. The van der Waals surface area contributed by atoms with Crippen LogP contribution in [0, 0.1) is 6.92 Å². The molecule has 4 nitrogen and oxygen atoms in total. The average molecular weight is 377 g/mol. The van der Waals surface area contributed by atoms with E-state index in [2.05, 4.69) is 0 Å². The van der Waals surface area contributed by atoms with Crippen molar-refractivity contribution in [2.75, 3.05) is 6.61 Å². The highest BCUT2D eigenvalue weighted by atomic mass is 19.4. The molecule has 0 aliphatic rings. The van der Waals surface area contributed by atoms with Gasteiger partial charge in [0.2, 0.25) is 0 Å². The summed E-state index contributed by atoms with van der Waals surface area (Å²) in [5.74, 6) is -0.365. The number of nitrogens with zero attached hydrogens (tertiary/aromatic N) is 1. The van der Waals surface area contributed by atoms with Crippen molar-refractivity contribution in [1.82, 2.24) is 4.57 Å². The molecule has 1 heterocycles. The Labute approximate surface area is 153 Å². The molecule has 3 rings (SSSR count). The third-order valence-electron chi connectivity index (χ3n) is 4.40. The van der Waals surface area contributed by atoms with E-state index in [0.29, 0.717) is 22.5 Å². The molecule has 142 valence electrons. The van der Waals surface area contributed by atoms with Crippen LogP contribution in [0.5, 0.6) is 5.75 Å². The lowest BCUT2D eigenvalue weighted by Crippen LogP contribution is -2.09. The Hall–Kier alpha value is -2.96. The number of phenols is 1. The van der Waals surface area contributed by atoms with E-state index >= 15 is 0 Å². The number of phenolic OH excluding ortho intramolecular Hbond substituents is 1. The number of ether oxygens (including phenoxy) is 1. The molecule has 0 amide bonds. The van der Waals surface area contributed by atoms with Crippen LogP contribution in [0.2, 0.25) is 0 Å². The highest BCUT2D eigenvalue weighted by molar-refractivity contribution is 5.91. The maximum Gasteiger partial charge on any atom is 0.416 e. The van der Waals surface area contributed by atoms with Gasteiger partial charge in [-0.3, -0.25) is 4.79 Å². The van der Waals surface area contributed by atoms with E-state index in [1.807, 2.05) is 0 Å². The van der Waals surface area contributed by atoms with Crippen LogP contribution >= 0.6 is 0 Å². The molecule has 0 saturated heterocycles. The molecule has 3 aromatic rings. The summed E-state index contributed by atoms with van der Waals surface area (Å²) in [5, 5.41) is 10.6. The molecule has 0 spiro atoms. The van der Waals surface area contributed by atoms with Crippen LogP contribution in [-0.4, -0.2) is 22.2 Å². The first-order chi connectivity index (χ1) is 12.7. The second kappa shape index (κ2) is 6.98. The fourth-order valence-electron chi connectivity index (χ4n) is 3.18. The lowest BCUT2D eigenvalue weighted by molar-refractivity contribution is -0.142. The minimum Gasteiger partial charge on any atom is -0.508 e. The molecule has 0 radical (unpaired) electrons. The van der Waals surface area contributed by atoms with Gasteiger partial charge in [-0.1, -0.05) is 0 Å². The maximum absolute atomic E-state index is 12.8. The van der Waals surface area contributed by atoms with Crippen LogP contribution in [0.3, 0.4) is 0 Å². The number of carbonyl (C=O) groups excluding carboxylic acids is 1. The van der Waals surface area contributed by atoms with Crippen LogP contribution in [0.15, 0.2) is 42.5 Å². The normalized spacial score (nSPS) is 11.7. The SMILES string of the molecule is CCOC(=O)Cc1c(C)n(-c2ccc(C(F)(F)F)cc2)c2cc(O)ccc12. The second-order valence-corrected chi connectivity index (χ2v) is 6.13. The second-order valence-electron chi connectivity index (χ2n) is 6.13. The monoisotopic (exact) mass is 377 g/mol. The van der Waals surface area contributed by atoms with Crippen molar-refractivity contribution in [3.63, 3.8) is 0 Å². The van der Waals surface area contributed by atoms with E-state index < -0.39 is 11.7 Å². The molecule has 1 aromatic heterocycles. The van der Waals surface area contributed by atoms with Gasteiger partial charge < -0.3 is 14.4 Å². The molecule has 0 unspecified atom stereocenters. The molecule has 0 aliphatic heterocycles. The van der Waals surface area contributed by atoms with Gasteiger partial charge in [0.25, 0.3) is 0 Å². The fraction of sp³-hybridized carbons (Fsp3) is 0.250. The van der Waals surface area contributed by atoms with Gasteiger partial charge >= 0.3 is 12.1 Å². The van der Waals surface area contributed by atoms with Crippen molar-refractivity contribution < 1.29 is 27.8 Å². The van der Waals surface area contributed by atoms with Crippen LogP contribution in [0.25, 0.3) is 16.6 Å². The van der Waals surface area contributed by atoms with Crippen molar-refractivity contribution in [3.8, 4) is 11.4 Å². The Bertz CT molecular complexity index is 988. The average Bonchev–Trinajstić information content (AvgIpc) is 2.86. The fourth-order valence-corrected chi connectivity index (χ4v) is 3.18. The van der Waals surface area contributed by atoms with Crippen molar-refractivity contribution in [2.45, 2.75) is 26.4 Å². The predicted molar refractivity (Wildman–Crippen MR) is 95.0 cm³/mol. The third kappa shape index (κ3) is 3.63. The van der Waals surface area contributed by atoms with E-state index in [1.165, 1.54) is 24.3 Å². The third-order valence-corrected chi connectivity index (χ3v) is 4.40. The summed E-state index contributed by atoms with van der Waals surface area (Å²) in [6.45, 7) is 3.76. The number of benzene rings is 2. The summed E-state index contributed by atoms with van der Waals surface area (Å²) in [6.07, 6.45) is -4.38. The number of aromatic hydroxyl groups is 1. The molecule has 27 heavy (non-hydrogen) atoms. The Balaban J connectivity index is 2.16. The maximum atomic E-state index is 12.8. The van der Waals surface area contributed by atoms with Gasteiger partial charge in [0.1, 0.15) is 5.75 Å². The number of carbonyl (C=O) groups is 1. The summed E-state index contributed by atoms with van der Waals surface area (Å²) in [4.78, 5) is 12.0. The van der Waals surface area contributed by atoms with Gasteiger partial charge in [-0.15, -0.1) is 0 Å². The van der Waals surface area contributed by atoms with Crippen molar-refractivity contribution >= 4 is 16.9 Å². The Morgan fingerprint density at radius 1 is 1.15 bits per heavy atom. The topological polar surface area (TPSA) is 51.5 Å². The predicted octanol–water partition coefficient (Wildman–Crippen LogP) is 4.77. The first-order valence-electron chi connectivity index (χ1n) is 8.38. The number of rotatable bonds is 4. The van der Waals surface area contributed by atoms with Gasteiger partial charge in [0.05, 0.1) is 24.1 Å².